The number of hydrogen-bond acceptors (Lipinski definition) is 7. The third-order valence-electron chi connectivity index (χ3n) is 4.15. The van der Waals surface area contributed by atoms with Crippen molar-refractivity contribution in [1.82, 2.24) is 14.8 Å². The molecular weight excluding hydrogens is 368 g/mol. The number of nitrogens with one attached hydrogen (secondary N) is 1. The second kappa shape index (κ2) is 9.59. The van der Waals surface area contributed by atoms with Gasteiger partial charge in [0.2, 0.25) is 5.43 Å². The smallest absolute Gasteiger partial charge is 0.203 e. The van der Waals surface area contributed by atoms with E-state index in [-0.39, 0.29) is 16.6 Å². The zero-order valence-corrected chi connectivity index (χ0v) is 16.9. The van der Waals surface area contributed by atoms with Crippen LogP contribution in [0.15, 0.2) is 69.5 Å². The normalized spacial score (nSPS) is 19.6. The van der Waals surface area contributed by atoms with Gasteiger partial charge in [-0.25, -0.2) is 4.68 Å². The average Bonchev–Trinajstić information content (AvgIpc) is 2.67. The number of hydrogen-bond donors (Lipinski definition) is 2. The molecule has 0 amide bonds. The maximum absolute atomic E-state index is 12.3. The van der Waals surface area contributed by atoms with Crippen molar-refractivity contribution in [3.63, 3.8) is 0 Å². The van der Waals surface area contributed by atoms with Crippen LogP contribution in [0.25, 0.3) is 5.70 Å². The molecule has 0 spiro atoms. The monoisotopic (exact) mass is 394 g/mol. The summed E-state index contributed by atoms with van der Waals surface area (Å²) in [7, 11) is 3.61. The summed E-state index contributed by atoms with van der Waals surface area (Å²) in [5.74, 6) is -0.215. The zero-order valence-electron chi connectivity index (χ0n) is 16.9. The van der Waals surface area contributed by atoms with E-state index in [0.29, 0.717) is 24.2 Å². The van der Waals surface area contributed by atoms with Crippen molar-refractivity contribution < 1.29 is 5.11 Å². The van der Waals surface area contributed by atoms with Crippen LogP contribution in [-0.2, 0) is 6.42 Å². The van der Waals surface area contributed by atoms with Gasteiger partial charge in [0.1, 0.15) is 5.69 Å². The van der Waals surface area contributed by atoms with Gasteiger partial charge >= 0.3 is 0 Å². The van der Waals surface area contributed by atoms with Crippen LogP contribution in [0.5, 0.6) is 0 Å². The fourth-order valence-electron chi connectivity index (χ4n) is 2.73. The second-order valence-corrected chi connectivity index (χ2v) is 7.17. The fourth-order valence-corrected chi connectivity index (χ4v) is 2.73. The number of rotatable bonds is 8. The topological polar surface area (TPSA) is 107 Å². The number of allylic oxidation sites excluding steroid dienone is 6. The molecule has 0 saturated heterocycles. The Bertz CT molecular complexity index is 981. The highest BCUT2D eigenvalue weighted by Gasteiger charge is 2.23. The van der Waals surface area contributed by atoms with Crippen LogP contribution in [0.1, 0.15) is 19.0 Å². The lowest BCUT2D eigenvalue weighted by molar-refractivity contribution is 0.440. The minimum absolute atomic E-state index is 0.136. The molecule has 0 saturated carbocycles. The van der Waals surface area contributed by atoms with Crippen molar-refractivity contribution in [1.29, 1.82) is 5.41 Å². The predicted molar refractivity (Wildman–Crippen MR) is 118 cm³/mol. The number of nitrogens with zero attached hydrogens (tertiary/aromatic N) is 5. The van der Waals surface area contributed by atoms with E-state index >= 15 is 0 Å². The Morgan fingerprint density at radius 3 is 2.97 bits per heavy atom. The summed E-state index contributed by atoms with van der Waals surface area (Å²) < 4.78 is 1.54. The molecule has 1 aromatic rings. The molecular formula is C21H26N6O2. The molecule has 0 aromatic carbocycles. The van der Waals surface area contributed by atoms with Crippen LogP contribution >= 0.6 is 0 Å². The molecule has 0 fully saturated rings. The van der Waals surface area contributed by atoms with Gasteiger partial charge in [-0.15, -0.1) is 0 Å². The van der Waals surface area contributed by atoms with Gasteiger partial charge in [0, 0.05) is 44.4 Å². The summed E-state index contributed by atoms with van der Waals surface area (Å²) in [6.45, 7) is 5.94. The lowest BCUT2D eigenvalue weighted by Gasteiger charge is -2.25. The standard InChI is InChI=1S/C21H26N6O2/c1-16(13-24-26(3)4)27-9-7-20(29)19(25-27)10-17-6-5-8-21(2,11-17)15-23-14-18(28)12-22/h5-9,12-15,22,28H,1,10-11H2,2-4H3/b18-14+,22-12?,23-15?,24-13-. The zero-order chi connectivity index (χ0) is 21.4. The van der Waals surface area contributed by atoms with Crippen LogP contribution in [0.3, 0.4) is 0 Å². The van der Waals surface area contributed by atoms with Crippen LogP contribution in [-0.4, -0.2) is 52.6 Å². The first-order chi connectivity index (χ1) is 13.7. The van der Waals surface area contributed by atoms with Gasteiger partial charge in [0.05, 0.1) is 24.3 Å². The molecule has 1 aliphatic carbocycles. The number of aliphatic imine (C=N–C) groups is 1. The molecule has 1 atom stereocenters. The van der Waals surface area contributed by atoms with Gasteiger partial charge in [-0.05, 0) is 6.42 Å². The summed E-state index contributed by atoms with van der Waals surface area (Å²) in [6, 6.07) is 1.47. The molecule has 29 heavy (non-hydrogen) atoms. The molecule has 152 valence electrons. The summed E-state index contributed by atoms with van der Waals surface area (Å²) >= 11 is 0. The summed E-state index contributed by atoms with van der Waals surface area (Å²) in [4.78, 5) is 16.4. The van der Waals surface area contributed by atoms with Crippen molar-refractivity contribution in [3.8, 4) is 0 Å². The molecule has 8 nitrogen and oxygen atoms in total. The highest BCUT2D eigenvalue weighted by atomic mass is 16.3. The lowest BCUT2D eigenvalue weighted by atomic mass is 9.80. The SMILES string of the molecule is C=C(/C=N\N(C)C)n1ccc(=O)c(CC2=CC=CC(C)(C=N/C=C(/O)C=N)C2)n1. The van der Waals surface area contributed by atoms with E-state index in [1.54, 1.807) is 37.7 Å². The Morgan fingerprint density at radius 1 is 1.52 bits per heavy atom. The first-order valence-electron chi connectivity index (χ1n) is 9.03. The lowest BCUT2D eigenvalue weighted by Crippen LogP contribution is -2.22. The molecule has 0 aliphatic heterocycles. The molecule has 1 aliphatic rings. The number of aliphatic hydroxyl groups excluding tert-OH is 1. The summed E-state index contributed by atoms with van der Waals surface area (Å²) in [5.41, 5.74) is 1.51. The largest absolute Gasteiger partial charge is 0.505 e. The molecule has 8 heteroatoms. The fraction of sp³-hybridized carbons (Fsp3) is 0.286. The van der Waals surface area contributed by atoms with E-state index in [1.165, 1.54) is 16.9 Å². The van der Waals surface area contributed by atoms with E-state index < -0.39 is 0 Å². The molecule has 2 rings (SSSR count). The van der Waals surface area contributed by atoms with Crippen LogP contribution < -0.4 is 5.43 Å². The highest BCUT2D eigenvalue weighted by Crippen LogP contribution is 2.30. The van der Waals surface area contributed by atoms with Gasteiger partial charge in [-0.2, -0.15) is 10.2 Å². The van der Waals surface area contributed by atoms with Crippen molar-refractivity contribution in [2.45, 2.75) is 19.8 Å². The van der Waals surface area contributed by atoms with Crippen molar-refractivity contribution in [2.75, 3.05) is 14.1 Å². The summed E-state index contributed by atoms with van der Waals surface area (Å²) in [6.07, 6.45) is 13.9. The Hall–Kier alpha value is -3.55. The quantitative estimate of drug-likeness (QED) is 0.402. The first-order valence-corrected chi connectivity index (χ1v) is 9.03. The van der Waals surface area contributed by atoms with Crippen LogP contribution in [0.4, 0.5) is 0 Å². The summed E-state index contributed by atoms with van der Waals surface area (Å²) in [5, 5.41) is 26.5. The Kier molecular flexibility index (Phi) is 7.19. The molecule has 2 N–H and O–H groups in total. The van der Waals surface area contributed by atoms with Crippen LogP contribution in [0, 0.1) is 10.8 Å². The third kappa shape index (κ3) is 6.53. The van der Waals surface area contributed by atoms with Crippen molar-refractivity contribution in [3.05, 3.63) is 70.5 Å². The van der Waals surface area contributed by atoms with E-state index in [0.717, 1.165) is 11.8 Å². The molecule has 0 radical (unpaired) electrons. The average molecular weight is 394 g/mol. The maximum Gasteiger partial charge on any atom is 0.203 e. The minimum atomic E-state index is -0.362. The molecule has 1 unspecified atom stereocenters. The third-order valence-corrected chi connectivity index (χ3v) is 4.15. The van der Waals surface area contributed by atoms with Gasteiger partial charge < -0.3 is 15.5 Å². The van der Waals surface area contributed by atoms with Crippen molar-refractivity contribution >= 4 is 24.3 Å². The second-order valence-electron chi connectivity index (χ2n) is 7.17. The van der Waals surface area contributed by atoms with E-state index in [2.05, 4.69) is 21.8 Å². The molecule has 0 bridgehead atoms. The molecule has 1 aromatic heterocycles. The van der Waals surface area contributed by atoms with Crippen LogP contribution in [0.2, 0.25) is 0 Å². The van der Waals surface area contributed by atoms with E-state index in [4.69, 9.17) is 5.41 Å². The maximum atomic E-state index is 12.3. The van der Waals surface area contributed by atoms with Gasteiger partial charge in [-0.1, -0.05) is 37.3 Å². The Balaban J connectivity index is 2.17. The Labute approximate surface area is 170 Å². The first kappa shape index (κ1) is 21.7. The minimum Gasteiger partial charge on any atom is -0.505 e. The molecule has 1 heterocycles. The van der Waals surface area contributed by atoms with E-state index in [9.17, 15) is 9.90 Å². The number of aromatic nitrogens is 2. The van der Waals surface area contributed by atoms with Gasteiger partial charge in [-0.3, -0.25) is 9.79 Å². The predicted octanol–water partition coefficient (Wildman–Crippen LogP) is 2.82. The van der Waals surface area contributed by atoms with Gasteiger partial charge in [0.15, 0.2) is 5.76 Å². The highest BCUT2D eigenvalue weighted by molar-refractivity contribution is 6.00. The number of hydrazone groups is 1. The Morgan fingerprint density at radius 2 is 2.28 bits per heavy atom. The van der Waals surface area contributed by atoms with Gasteiger partial charge in [0.25, 0.3) is 0 Å². The van der Waals surface area contributed by atoms with E-state index in [1.807, 2.05) is 25.2 Å². The number of aliphatic hydroxyl groups is 1. The van der Waals surface area contributed by atoms with Crippen molar-refractivity contribution in [2.24, 2.45) is 15.5 Å².